The van der Waals surface area contributed by atoms with Gasteiger partial charge in [-0.25, -0.2) is 4.79 Å². The molecule has 0 bridgehead atoms. The van der Waals surface area contributed by atoms with E-state index in [2.05, 4.69) is 5.32 Å². The van der Waals surface area contributed by atoms with Gasteiger partial charge in [0.05, 0.1) is 6.10 Å². The molecular formula is C21H23NO6. The molecule has 2 aromatic carbocycles. The van der Waals surface area contributed by atoms with Gasteiger partial charge in [-0.3, -0.25) is 4.79 Å². The van der Waals surface area contributed by atoms with Crippen molar-refractivity contribution in [2.24, 2.45) is 0 Å². The average Bonchev–Trinajstić information content (AvgIpc) is 2.70. The minimum atomic E-state index is -1.09. The summed E-state index contributed by atoms with van der Waals surface area (Å²) in [5.74, 6) is -0.465. The summed E-state index contributed by atoms with van der Waals surface area (Å²) in [6.07, 6.45) is 3.03. The molecule has 1 saturated carbocycles. The molecule has 1 aliphatic rings. The number of ether oxygens (including phenoxy) is 2. The molecule has 1 aliphatic carbocycles. The molecule has 2 aromatic rings. The fraction of sp³-hybridized carbons (Fsp3) is 0.333. The lowest BCUT2D eigenvalue weighted by Gasteiger charge is -2.28. The van der Waals surface area contributed by atoms with Gasteiger partial charge in [0, 0.05) is 11.3 Å². The second-order valence-corrected chi connectivity index (χ2v) is 6.70. The molecule has 3 rings (SSSR count). The summed E-state index contributed by atoms with van der Waals surface area (Å²) in [6, 6.07) is 13.3. The van der Waals surface area contributed by atoms with E-state index < -0.39 is 18.7 Å². The third kappa shape index (κ3) is 5.47. The van der Waals surface area contributed by atoms with Crippen molar-refractivity contribution >= 4 is 17.6 Å². The molecule has 1 fully saturated rings. The highest BCUT2D eigenvalue weighted by Gasteiger charge is 2.24. The predicted molar refractivity (Wildman–Crippen MR) is 103 cm³/mol. The first kappa shape index (κ1) is 19.7. The van der Waals surface area contributed by atoms with Crippen LogP contribution in [0.2, 0.25) is 0 Å². The van der Waals surface area contributed by atoms with Crippen LogP contribution in [0.25, 0.3) is 0 Å². The van der Waals surface area contributed by atoms with Gasteiger partial charge in [-0.1, -0.05) is 12.5 Å². The van der Waals surface area contributed by atoms with Crippen LogP contribution in [-0.2, 0) is 4.79 Å². The monoisotopic (exact) mass is 385 g/mol. The summed E-state index contributed by atoms with van der Waals surface area (Å²) in [4.78, 5) is 23.0. The van der Waals surface area contributed by atoms with Crippen molar-refractivity contribution in [2.45, 2.75) is 37.9 Å². The Hall–Kier alpha value is -3.06. The van der Waals surface area contributed by atoms with Gasteiger partial charge < -0.3 is 25.0 Å². The fourth-order valence-corrected chi connectivity index (χ4v) is 3.08. The number of carbonyl (C=O) groups excluding carboxylic acids is 1. The predicted octanol–water partition coefficient (Wildman–Crippen LogP) is 3.08. The Balaban J connectivity index is 1.58. The van der Waals surface area contributed by atoms with Crippen LogP contribution in [0.5, 0.6) is 11.5 Å². The Bertz CT molecular complexity index is 820. The summed E-state index contributed by atoms with van der Waals surface area (Å²) in [6.45, 7) is -0.470. The van der Waals surface area contributed by atoms with E-state index in [0.29, 0.717) is 22.7 Å². The molecule has 0 spiro atoms. The van der Waals surface area contributed by atoms with E-state index in [-0.39, 0.29) is 12.0 Å². The van der Waals surface area contributed by atoms with Gasteiger partial charge in [0.1, 0.15) is 17.6 Å². The van der Waals surface area contributed by atoms with Gasteiger partial charge in [-0.15, -0.1) is 0 Å². The second-order valence-electron chi connectivity index (χ2n) is 6.70. The first-order chi connectivity index (χ1) is 13.5. The van der Waals surface area contributed by atoms with Crippen LogP contribution in [0.4, 0.5) is 5.69 Å². The molecule has 7 nitrogen and oxygen atoms in total. The zero-order valence-electron chi connectivity index (χ0n) is 15.3. The van der Waals surface area contributed by atoms with Crippen LogP contribution in [0.3, 0.4) is 0 Å². The smallest absolute Gasteiger partial charge is 0.341 e. The number of aliphatic hydroxyl groups is 1. The maximum absolute atomic E-state index is 12.4. The van der Waals surface area contributed by atoms with Crippen LogP contribution in [0.1, 0.15) is 36.0 Å². The zero-order valence-corrected chi connectivity index (χ0v) is 15.3. The van der Waals surface area contributed by atoms with Crippen LogP contribution < -0.4 is 14.8 Å². The van der Waals surface area contributed by atoms with Crippen molar-refractivity contribution in [2.75, 3.05) is 11.9 Å². The molecule has 0 heterocycles. The van der Waals surface area contributed by atoms with Gasteiger partial charge in [-0.2, -0.15) is 0 Å². The van der Waals surface area contributed by atoms with E-state index in [0.717, 1.165) is 25.7 Å². The molecule has 1 amide bonds. The van der Waals surface area contributed by atoms with Gasteiger partial charge in [0.15, 0.2) is 6.61 Å². The number of amides is 1. The van der Waals surface area contributed by atoms with Crippen molar-refractivity contribution in [1.82, 2.24) is 0 Å². The number of benzene rings is 2. The maximum atomic E-state index is 12.4. The van der Waals surface area contributed by atoms with E-state index in [9.17, 15) is 14.7 Å². The minimum absolute atomic E-state index is 0.192. The third-order valence-electron chi connectivity index (χ3n) is 4.53. The third-order valence-corrected chi connectivity index (χ3v) is 4.53. The molecule has 0 aliphatic heterocycles. The van der Waals surface area contributed by atoms with Crippen LogP contribution >= 0.6 is 0 Å². The summed E-state index contributed by atoms with van der Waals surface area (Å²) in [5.41, 5.74) is 0.951. The molecule has 0 radical (unpaired) electrons. The van der Waals surface area contributed by atoms with Gasteiger partial charge >= 0.3 is 5.97 Å². The first-order valence-electron chi connectivity index (χ1n) is 9.22. The largest absolute Gasteiger partial charge is 0.488 e. The Morgan fingerprint density at radius 1 is 1.04 bits per heavy atom. The lowest BCUT2D eigenvalue weighted by Crippen LogP contribution is -2.34. The van der Waals surface area contributed by atoms with Crippen molar-refractivity contribution in [3.63, 3.8) is 0 Å². The van der Waals surface area contributed by atoms with Crippen LogP contribution in [0.15, 0.2) is 48.5 Å². The molecule has 28 heavy (non-hydrogen) atoms. The topological polar surface area (TPSA) is 105 Å². The summed E-state index contributed by atoms with van der Waals surface area (Å²) >= 11 is 0. The minimum Gasteiger partial charge on any atom is -0.488 e. The standard InChI is InChI=1S/C21H23NO6/c23-18-6-1-2-7-19(18)28-16-10-8-15(9-11-16)22-21(26)14-4-3-5-17(12-14)27-13-20(24)25/h3-5,8-12,18-19,23H,1-2,6-7,13H2,(H,22,26)(H,24,25). The molecule has 3 N–H and O–H groups in total. The number of aliphatic hydroxyl groups excluding tert-OH is 1. The highest BCUT2D eigenvalue weighted by molar-refractivity contribution is 6.04. The van der Waals surface area contributed by atoms with Gasteiger partial charge in [-0.05, 0) is 61.7 Å². The Kier molecular flexibility index (Phi) is 6.49. The quantitative estimate of drug-likeness (QED) is 0.676. The number of rotatable bonds is 7. The normalized spacial score (nSPS) is 18.9. The number of hydrogen-bond acceptors (Lipinski definition) is 5. The van der Waals surface area contributed by atoms with Gasteiger partial charge in [0.25, 0.3) is 5.91 Å². The summed E-state index contributed by atoms with van der Waals surface area (Å²) in [7, 11) is 0. The molecular weight excluding hydrogens is 362 g/mol. The van der Waals surface area contributed by atoms with E-state index in [1.807, 2.05) is 0 Å². The molecule has 0 saturated heterocycles. The van der Waals surface area contributed by atoms with E-state index in [4.69, 9.17) is 14.6 Å². The number of carboxylic acids is 1. The number of carbonyl (C=O) groups is 2. The average molecular weight is 385 g/mol. The summed E-state index contributed by atoms with van der Waals surface area (Å²) in [5, 5.41) is 21.4. The molecule has 148 valence electrons. The second kappa shape index (κ2) is 9.23. The lowest BCUT2D eigenvalue weighted by molar-refractivity contribution is -0.139. The van der Waals surface area contributed by atoms with Crippen LogP contribution in [-0.4, -0.2) is 40.9 Å². The molecule has 0 aromatic heterocycles. The highest BCUT2D eigenvalue weighted by atomic mass is 16.5. The van der Waals surface area contributed by atoms with Crippen LogP contribution in [0, 0.1) is 0 Å². The fourth-order valence-electron chi connectivity index (χ4n) is 3.08. The number of anilines is 1. The Labute approximate surface area is 162 Å². The molecule has 2 unspecified atom stereocenters. The molecule has 7 heteroatoms. The number of aliphatic carboxylic acids is 1. The Morgan fingerprint density at radius 3 is 2.50 bits per heavy atom. The van der Waals surface area contributed by atoms with E-state index in [1.54, 1.807) is 42.5 Å². The van der Waals surface area contributed by atoms with Crippen molar-refractivity contribution < 1.29 is 29.3 Å². The number of hydrogen-bond donors (Lipinski definition) is 3. The first-order valence-corrected chi connectivity index (χ1v) is 9.22. The van der Waals surface area contributed by atoms with Crippen molar-refractivity contribution in [1.29, 1.82) is 0 Å². The lowest BCUT2D eigenvalue weighted by atomic mass is 9.95. The summed E-state index contributed by atoms with van der Waals surface area (Å²) < 4.78 is 10.9. The SMILES string of the molecule is O=C(O)COc1cccc(C(=O)Nc2ccc(OC3CCCCC3O)cc2)c1. The van der Waals surface area contributed by atoms with E-state index >= 15 is 0 Å². The Morgan fingerprint density at radius 2 is 1.79 bits per heavy atom. The van der Waals surface area contributed by atoms with Crippen molar-refractivity contribution in [3.05, 3.63) is 54.1 Å². The highest BCUT2D eigenvalue weighted by Crippen LogP contribution is 2.25. The van der Waals surface area contributed by atoms with Crippen molar-refractivity contribution in [3.8, 4) is 11.5 Å². The van der Waals surface area contributed by atoms with Gasteiger partial charge in [0.2, 0.25) is 0 Å². The van der Waals surface area contributed by atoms with E-state index in [1.165, 1.54) is 6.07 Å². The molecule has 2 atom stereocenters. The number of carboxylic acid groups (broad SMARTS) is 1. The maximum Gasteiger partial charge on any atom is 0.341 e. The zero-order chi connectivity index (χ0) is 19.9. The number of nitrogens with one attached hydrogen (secondary N) is 1.